The van der Waals surface area contributed by atoms with Crippen LogP contribution >= 0.6 is 0 Å². The lowest BCUT2D eigenvalue weighted by Crippen LogP contribution is -2.62. The highest BCUT2D eigenvalue weighted by Gasteiger charge is 2.50. The molecule has 31 heavy (non-hydrogen) atoms. The first kappa shape index (κ1) is 29.4. The molecule has 0 saturated carbocycles. The van der Waals surface area contributed by atoms with E-state index in [9.17, 15) is 14.4 Å². The van der Waals surface area contributed by atoms with Gasteiger partial charge < -0.3 is 24.0 Å². The molecule has 8 nitrogen and oxygen atoms in total. The summed E-state index contributed by atoms with van der Waals surface area (Å²) in [7, 11) is 0.138. The number of carbonyl (C=O) groups excluding carboxylic acids is 3. The van der Waals surface area contributed by atoms with Crippen molar-refractivity contribution in [1.82, 2.24) is 5.32 Å². The van der Waals surface area contributed by atoms with Crippen LogP contribution in [0.25, 0.3) is 0 Å². The summed E-state index contributed by atoms with van der Waals surface area (Å²) in [6.07, 6.45) is -0.911. The second-order valence-electron chi connectivity index (χ2n) is 9.88. The summed E-state index contributed by atoms with van der Waals surface area (Å²) in [5, 5.41) is 2.66. The number of hydrogen-bond donors (Lipinski definition) is 1. The van der Waals surface area contributed by atoms with Gasteiger partial charge in [-0.25, -0.2) is 9.59 Å². The number of methoxy groups -OCH3 is 2. The van der Waals surface area contributed by atoms with E-state index in [0.29, 0.717) is 0 Å². The van der Waals surface area contributed by atoms with Gasteiger partial charge in [-0.2, -0.15) is 0 Å². The Morgan fingerprint density at radius 3 is 1.71 bits per heavy atom. The van der Waals surface area contributed by atoms with E-state index < -0.39 is 37.5 Å². The zero-order valence-electron chi connectivity index (χ0n) is 21.2. The van der Waals surface area contributed by atoms with Gasteiger partial charge in [0.15, 0.2) is 13.9 Å². The minimum absolute atomic E-state index is 0.0373. The number of hydrogen-bond acceptors (Lipinski definition) is 7. The quantitative estimate of drug-likeness (QED) is 0.273. The highest BCUT2D eigenvalue weighted by Crippen LogP contribution is 2.43. The molecule has 0 saturated heterocycles. The van der Waals surface area contributed by atoms with Gasteiger partial charge in [-0.1, -0.05) is 41.5 Å². The molecule has 0 heterocycles. The first-order chi connectivity index (χ1) is 14.1. The molecule has 0 aliphatic carbocycles. The molecule has 0 rings (SSSR count). The fourth-order valence-corrected chi connectivity index (χ4v) is 9.74. The Morgan fingerprint density at radius 1 is 0.871 bits per heavy atom. The normalized spacial score (nSPS) is 14.4. The van der Waals surface area contributed by atoms with E-state index in [2.05, 4.69) is 46.9 Å². The largest absolute Gasteiger partial charge is 0.469 e. The molecule has 0 bridgehead atoms. The first-order valence-electron chi connectivity index (χ1n) is 10.9. The van der Waals surface area contributed by atoms with Gasteiger partial charge in [-0.15, -0.1) is 0 Å². The highest BCUT2D eigenvalue weighted by molar-refractivity contribution is 6.77. The summed E-state index contributed by atoms with van der Waals surface area (Å²) in [4.78, 5) is 37.4. The van der Waals surface area contributed by atoms with Crippen molar-refractivity contribution in [2.75, 3.05) is 20.8 Å². The second kappa shape index (κ2) is 11.9. The van der Waals surface area contributed by atoms with Crippen molar-refractivity contribution in [3.05, 3.63) is 0 Å². The van der Waals surface area contributed by atoms with Gasteiger partial charge in [0.25, 0.3) is 0 Å². The van der Waals surface area contributed by atoms with Gasteiger partial charge in [0.2, 0.25) is 0 Å². The summed E-state index contributed by atoms with van der Waals surface area (Å²) in [5.74, 6) is -1.19. The Kier molecular flexibility index (Phi) is 11.2. The van der Waals surface area contributed by atoms with Crippen molar-refractivity contribution < 1.29 is 33.0 Å². The second-order valence-corrected chi connectivity index (χ2v) is 15.3. The van der Waals surface area contributed by atoms with E-state index in [1.807, 2.05) is 0 Å². The van der Waals surface area contributed by atoms with Crippen molar-refractivity contribution in [2.45, 2.75) is 103 Å². The van der Waals surface area contributed by atoms with Crippen LogP contribution in [0.3, 0.4) is 0 Å². The Labute approximate surface area is 188 Å². The molecule has 0 aliphatic rings. The molecule has 1 unspecified atom stereocenters. The lowest BCUT2D eigenvalue weighted by molar-refractivity contribution is -0.151. The topological polar surface area (TPSA) is 100 Å². The summed E-state index contributed by atoms with van der Waals surface area (Å²) in [6, 6.07) is 0. The molecule has 0 aliphatic heterocycles. The van der Waals surface area contributed by atoms with E-state index in [-0.39, 0.29) is 36.1 Å². The van der Waals surface area contributed by atoms with Gasteiger partial charge in [0, 0.05) is 6.42 Å². The van der Waals surface area contributed by atoms with Crippen LogP contribution in [0.2, 0.25) is 16.6 Å². The maximum absolute atomic E-state index is 13.0. The molecule has 0 spiro atoms. The Hall–Kier alpha value is -1.61. The Bertz CT molecular complexity index is 592. The van der Waals surface area contributed by atoms with Crippen molar-refractivity contribution in [3.8, 4) is 0 Å². The molecule has 9 heteroatoms. The average molecular weight is 462 g/mol. The lowest BCUT2D eigenvalue weighted by Gasteiger charge is -2.44. The zero-order valence-corrected chi connectivity index (χ0v) is 22.2. The number of carbonyl (C=O) groups is 3. The lowest BCUT2D eigenvalue weighted by atomic mass is 9.94. The summed E-state index contributed by atoms with van der Waals surface area (Å²) in [6.45, 7) is 17.8. The van der Waals surface area contributed by atoms with Crippen molar-refractivity contribution >= 4 is 26.3 Å². The van der Waals surface area contributed by atoms with Crippen molar-refractivity contribution in [3.63, 3.8) is 0 Å². The predicted molar refractivity (Wildman–Crippen MR) is 122 cm³/mol. The fourth-order valence-electron chi connectivity index (χ4n) is 4.24. The highest BCUT2D eigenvalue weighted by atomic mass is 28.4. The van der Waals surface area contributed by atoms with Crippen LogP contribution in [0.15, 0.2) is 0 Å². The molecular formula is C22H43NO7Si. The first-order valence-corrected chi connectivity index (χ1v) is 13.0. The van der Waals surface area contributed by atoms with Gasteiger partial charge >= 0.3 is 18.0 Å². The number of alkyl carbamates (subject to hydrolysis) is 1. The van der Waals surface area contributed by atoms with Crippen LogP contribution in [0.5, 0.6) is 0 Å². The molecule has 1 N–H and O–H groups in total. The van der Waals surface area contributed by atoms with Crippen molar-refractivity contribution in [1.29, 1.82) is 0 Å². The maximum atomic E-state index is 13.0. The molecule has 0 aromatic rings. The van der Waals surface area contributed by atoms with Crippen LogP contribution in [0.1, 0.15) is 75.2 Å². The minimum Gasteiger partial charge on any atom is -0.469 e. The molecule has 1 atom stereocenters. The summed E-state index contributed by atoms with van der Waals surface area (Å²) >= 11 is 0. The van der Waals surface area contributed by atoms with Crippen LogP contribution in [-0.2, 0) is 28.2 Å². The Balaban J connectivity index is 6.18. The van der Waals surface area contributed by atoms with Gasteiger partial charge in [-0.3, -0.25) is 4.79 Å². The van der Waals surface area contributed by atoms with Crippen LogP contribution in [0.4, 0.5) is 4.79 Å². The standard InChI is InChI=1S/C22H43NO7Si/c1-15(2)31(16(3)4,17(5)6)29-14-22(19(25)28-11,13-12-18(24)27-10)23-20(26)30-21(7,8)9/h15-17H,12-14H2,1-11H3,(H,23,26). The molecule has 0 aromatic heterocycles. The van der Waals surface area contributed by atoms with Gasteiger partial charge in [0.1, 0.15) is 5.60 Å². The van der Waals surface area contributed by atoms with E-state index >= 15 is 0 Å². The van der Waals surface area contributed by atoms with Crippen LogP contribution in [-0.4, -0.2) is 58.3 Å². The number of esters is 2. The summed E-state index contributed by atoms with van der Waals surface area (Å²) in [5.41, 5.74) is -1.54. The molecule has 0 radical (unpaired) electrons. The van der Waals surface area contributed by atoms with E-state index in [1.54, 1.807) is 20.8 Å². The number of rotatable bonds is 11. The third-order valence-electron chi connectivity index (χ3n) is 5.58. The Morgan fingerprint density at radius 2 is 1.35 bits per heavy atom. The van der Waals surface area contributed by atoms with Crippen LogP contribution in [0, 0.1) is 0 Å². The third-order valence-corrected chi connectivity index (χ3v) is 11.6. The predicted octanol–water partition coefficient (Wildman–Crippen LogP) is 4.57. The molecule has 1 amide bonds. The zero-order chi connectivity index (χ0) is 24.6. The smallest absolute Gasteiger partial charge is 0.408 e. The van der Waals surface area contributed by atoms with Crippen LogP contribution < -0.4 is 5.32 Å². The van der Waals surface area contributed by atoms with E-state index in [0.717, 1.165) is 0 Å². The van der Waals surface area contributed by atoms with Gasteiger partial charge in [-0.05, 0) is 43.8 Å². The van der Waals surface area contributed by atoms with E-state index in [4.69, 9.17) is 18.6 Å². The summed E-state index contributed by atoms with van der Waals surface area (Å²) < 4.78 is 21.8. The average Bonchev–Trinajstić information content (AvgIpc) is 2.62. The molecule has 182 valence electrons. The fraction of sp³-hybridized carbons (Fsp3) is 0.864. The van der Waals surface area contributed by atoms with Crippen molar-refractivity contribution in [2.24, 2.45) is 0 Å². The number of nitrogens with one attached hydrogen (secondary N) is 1. The number of ether oxygens (including phenoxy) is 3. The third kappa shape index (κ3) is 8.10. The number of amides is 1. The maximum Gasteiger partial charge on any atom is 0.408 e. The molecular weight excluding hydrogens is 418 g/mol. The van der Waals surface area contributed by atoms with Gasteiger partial charge in [0.05, 0.1) is 20.8 Å². The SMILES string of the molecule is COC(=O)CCC(CO[Si](C(C)C)(C(C)C)C(C)C)(NC(=O)OC(C)(C)C)C(=O)OC. The molecule has 0 fully saturated rings. The molecule has 0 aromatic carbocycles. The van der Waals surface area contributed by atoms with E-state index in [1.165, 1.54) is 14.2 Å². The monoisotopic (exact) mass is 461 g/mol. The minimum atomic E-state index is -2.37.